The Kier molecular flexibility index (Phi) is 5.76. The Hall–Kier alpha value is -1.13. The normalized spacial score (nSPS) is 12.4. The van der Waals surface area contributed by atoms with Gasteiger partial charge < -0.3 is 5.73 Å². The van der Waals surface area contributed by atoms with E-state index in [-0.39, 0.29) is 17.3 Å². The molecule has 118 valence electrons. The molecule has 1 amide bonds. The van der Waals surface area contributed by atoms with Crippen molar-refractivity contribution in [2.24, 2.45) is 5.73 Å². The van der Waals surface area contributed by atoms with Gasteiger partial charge in [0.05, 0.1) is 12.2 Å². The van der Waals surface area contributed by atoms with E-state index >= 15 is 0 Å². The molecule has 0 unspecified atom stereocenters. The Morgan fingerprint density at radius 3 is 2.48 bits per heavy atom. The lowest BCUT2D eigenvalue weighted by molar-refractivity contribution is -0.140. The van der Waals surface area contributed by atoms with Crippen molar-refractivity contribution >= 4 is 32.0 Å². The average molecular weight is 390 g/mol. The molecule has 1 aromatic rings. The number of nitrogens with two attached hydrogens (primary N) is 1. The molecule has 0 saturated heterocycles. The summed E-state index contributed by atoms with van der Waals surface area (Å²) in [6.45, 7) is -0.432. The van der Waals surface area contributed by atoms with Crippen LogP contribution in [0.1, 0.15) is 18.4 Å². The monoisotopic (exact) mass is 389 g/mol. The van der Waals surface area contributed by atoms with Crippen LogP contribution >= 0.6 is 15.9 Å². The lowest BCUT2D eigenvalue weighted by atomic mass is 10.2. The van der Waals surface area contributed by atoms with E-state index in [1.54, 1.807) is 0 Å². The fraction of sp³-hybridized carbons (Fsp3) is 0.364. The number of amides is 1. The Morgan fingerprint density at radius 1 is 1.33 bits per heavy atom. The van der Waals surface area contributed by atoms with Crippen LogP contribution in [-0.4, -0.2) is 20.9 Å². The summed E-state index contributed by atoms with van der Waals surface area (Å²) in [6, 6.07) is 2.62. The maximum Gasteiger partial charge on any atom is 0.417 e. The largest absolute Gasteiger partial charge is 0.417 e. The van der Waals surface area contributed by atoms with Crippen LogP contribution < -0.4 is 5.73 Å². The van der Waals surface area contributed by atoms with Crippen molar-refractivity contribution in [2.45, 2.75) is 23.9 Å². The van der Waals surface area contributed by atoms with Gasteiger partial charge in [0, 0.05) is 10.9 Å². The fourth-order valence-corrected chi connectivity index (χ4v) is 2.92. The molecule has 0 bridgehead atoms. The minimum absolute atomic E-state index is 0.00750. The molecule has 0 fully saturated rings. The number of rotatable bonds is 6. The van der Waals surface area contributed by atoms with Gasteiger partial charge in [-0.1, -0.05) is 15.9 Å². The summed E-state index contributed by atoms with van der Waals surface area (Å²) < 4.78 is 66.7. The van der Waals surface area contributed by atoms with E-state index in [0.29, 0.717) is 6.07 Å². The molecular weight excluding hydrogens is 379 g/mol. The molecule has 1 aromatic carbocycles. The fourth-order valence-electron chi connectivity index (χ4n) is 1.42. The zero-order valence-electron chi connectivity index (χ0n) is 10.5. The summed E-state index contributed by atoms with van der Waals surface area (Å²) in [6.07, 6.45) is -4.98. The summed E-state index contributed by atoms with van der Waals surface area (Å²) in [7, 11) is -4.58. The first-order chi connectivity index (χ1) is 9.54. The van der Waals surface area contributed by atoms with Crippen LogP contribution in [0.3, 0.4) is 0 Å². The Balaban J connectivity index is 3.01. The highest BCUT2D eigenvalue weighted by molar-refractivity contribution is 9.10. The van der Waals surface area contributed by atoms with E-state index in [1.807, 2.05) is 0 Å². The van der Waals surface area contributed by atoms with E-state index in [1.165, 1.54) is 0 Å². The third-order valence-corrected chi connectivity index (χ3v) is 4.19. The van der Waals surface area contributed by atoms with Crippen molar-refractivity contribution in [3.63, 3.8) is 0 Å². The van der Waals surface area contributed by atoms with Gasteiger partial charge in [-0.2, -0.15) is 21.6 Å². The predicted molar refractivity (Wildman–Crippen MR) is 70.7 cm³/mol. The molecule has 0 radical (unpaired) electrons. The van der Waals surface area contributed by atoms with Gasteiger partial charge in [0.2, 0.25) is 5.91 Å². The number of hydrogen-bond donors (Lipinski definition) is 1. The van der Waals surface area contributed by atoms with Gasteiger partial charge in [-0.05, 0) is 24.6 Å². The van der Waals surface area contributed by atoms with Gasteiger partial charge >= 0.3 is 6.18 Å². The molecule has 0 aliphatic carbocycles. The van der Waals surface area contributed by atoms with Crippen LogP contribution in [0.25, 0.3) is 0 Å². The number of carbonyl (C=O) groups is 1. The Morgan fingerprint density at radius 2 is 1.95 bits per heavy atom. The van der Waals surface area contributed by atoms with Gasteiger partial charge in [0.1, 0.15) is 4.90 Å². The molecule has 2 N–H and O–H groups in total. The molecule has 0 heterocycles. The molecule has 10 heteroatoms. The van der Waals surface area contributed by atoms with Crippen molar-refractivity contribution in [2.75, 3.05) is 6.61 Å². The average Bonchev–Trinajstić information content (AvgIpc) is 2.33. The molecule has 0 saturated carbocycles. The molecular formula is C11H11BrF3NO4S. The van der Waals surface area contributed by atoms with Crippen molar-refractivity contribution in [1.29, 1.82) is 0 Å². The molecule has 0 aromatic heterocycles. The van der Waals surface area contributed by atoms with Crippen LogP contribution in [0.2, 0.25) is 0 Å². The highest BCUT2D eigenvalue weighted by Gasteiger charge is 2.37. The van der Waals surface area contributed by atoms with Crippen molar-refractivity contribution in [1.82, 2.24) is 0 Å². The Labute approximate surface area is 127 Å². The van der Waals surface area contributed by atoms with Crippen LogP contribution in [0.15, 0.2) is 27.6 Å². The summed E-state index contributed by atoms with van der Waals surface area (Å²) in [5.74, 6) is -0.657. The Bertz CT molecular complexity index is 631. The number of alkyl halides is 3. The first-order valence-electron chi connectivity index (χ1n) is 5.58. The number of primary amides is 1. The van der Waals surface area contributed by atoms with Gasteiger partial charge in [-0.25, -0.2) is 0 Å². The highest BCUT2D eigenvalue weighted by atomic mass is 79.9. The topological polar surface area (TPSA) is 86.5 Å². The third-order valence-electron chi connectivity index (χ3n) is 2.32. The van der Waals surface area contributed by atoms with E-state index in [9.17, 15) is 26.4 Å². The van der Waals surface area contributed by atoms with E-state index in [2.05, 4.69) is 20.1 Å². The van der Waals surface area contributed by atoms with Gasteiger partial charge in [-0.15, -0.1) is 0 Å². The summed E-state index contributed by atoms with van der Waals surface area (Å²) >= 11 is 2.85. The van der Waals surface area contributed by atoms with Gasteiger partial charge in [0.25, 0.3) is 10.1 Å². The van der Waals surface area contributed by atoms with Crippen molar-refractivity contribution in [3.8, 4) is 0 Å². The van der Waals surface area contributed by atoms with Gasteiger partial charge in [0.15, 0.2) is 0 Å². The first-order valence-corrected chi connectivity index (χ1v) is 7.78. The molecule has 21 heavy (non-hydrogen) atoms. The van der Waals surface area contributed by atoms with Crippen LogP contribution in [0.4, 0.5) is 13.2 Å². The van der Waals surface area contributed by atoms with Crippen molar-refractivity contribution in [3.05, 3.63) is 28.2 Å². The standard InChI is InChI=1S/C11H11BrF3NO4S/c12-7-3-4-9(8(6-7)11(13,14)15)21(18,19)20-5-1-2-10(16)17/h3-4,6H,1-2,5H2,(H2,16,17). The predicted octanol–water partition coefficient (Wildman–Crippen LogP) is 2.44. The smallest absolute Gasteiger partial charge is 0.370 e. The summed E-state index contributed by atoms with van der Waals surface area (Å²) in [5.41, 5.74) is 3.53. The van der Waals surface area contributed by atoms with Crippen LogP contribution in [0, 0.1) is 0 Å². The minimum atomic E-state index is -4.84. The zero-order valence-corrected chi connectivity index (χ0v) is 12.9. The summed E-state index contributed by atoms with van der Waals surface area (Å²) in [4.78, 5) is 9.51. The number of benzene rings is 1. The SMILES string of the molecule is NC(=O)CCCOS(=O)(=O)c1ccc(Br)cc1C(F)(F)F. The number of hydrogen-bond acceptors (Lipinski definition) is 4. The van der Waals surface area contributed by atoms with Crippen LogP contribution in [0.5, 0.6) is 0 Å². The highest BCUT2D eigenvalue weighted by Crippen LogP contribution is 2.36. The van der Waals surface area contributed by atoms with Crippen LogP contribution in [-0.2, 0) is 25.3 Å². The van der Waals surface area contributed by atoms with E-state index in [0.717, 1.165) is 12.1 Å². The second-order valence-corrected chi connectivity index (χ2v) is 6.48. The first kappa shape index (κ1) is 17.9. The van der Waals surface area contributed by atoms with E-state index in [4.69, 9.17) is 5.73 Å². The molecule has 5 nitrogen and oxygen atoms in total. The maximum absolute atomic E-state index is 12.9. The zero-order chi connectivity index (χ0) is 16.3. The third kappa shape index (κ3) is 5.29. The number of halogens is 4. The molecule has 0 atom stereocenters. The molecule has 0 aliphatic heterocycles. The maximum atomic E-state index is 12.9. The lowest BCUT2D eigenvalue weighted by Crippen LogP contribution is -2.17. The molecule has 0 aliphatic rings. The number of carbonyl (C=O) groups excluding carboxylic acids is 1. The summed E-state index contributed by atoms with van der Waals surface area (Å²) in [5, 5.41) is 0. The lowest BCUT2D eigenvalue weighted by Gasteiger charge is -2.13. The van der Waals surface area contributed by atoms with E-state index < -0.39 is 39.3 Å². The second kappa shape index (κ2) is 6.75. The quantitative estimate of drug-likeness (QED) is 0.597. The van der Waals surface area contributed by atoms with Crippen molar-refractivity contribution < 1.29 is 30.6 Å². The molecule has 0 spiro atoms. The minimum Gasteiger partial charge on any atom is -0.370 e. The van der Waals surface area contributed by atoms with Gasteiger partial charge in [-0.3, -0.25) is 8.98 Å². The molecule has 1 rings (SSSR count). The second-order valence-electron chi connectivity index (χ2n) is 3.98.